The molecule has 8 nitrogen and oxygen atoms in total. The van der Waals surface area contributed by atoms with E-state index in [9.17, 15) is 13.2 Å². The quantitative estimate of drug-likeness (QED) is 0.514. The lowest BCUT2D eigenvalue weighted by Crippen LogP contribution is -2.30. The Labute approximate surface area is 148 Å². The van der Waals surface area contributed by atoms with Gasteiger partial charge in [0.2, 0.25) is 10.0 Å². The number of sulfonamides is 1. The van der Waals surface area contributed by atoms with E-state index in [0.29, 0.717) is 30.3 Å². The number of hydrogen-bond donors (Lipinski definition) is 4. The lowest BCUT2D eigenvalue weighted by atomic mass is 9.92. The van der Waals surface area contributed by atoms with Crippen molar-refractivity contribution in [3.8, 4) is 5.75 Å². The van der Waals surface area contributed by atoms with Crippen molar-refractivity contribution in [2.45, 2.75) is 43.7 Å². The lowest BCUT2D eigenvalue weighted by Gasteiger charge is -2.17. The topological polar surface area (TPSA) is 123 Å². The van der Waals surface area contributed by atoms with Crippen LogP contribution in [-0.2, 0) is 10.0 Å². The molecular formula is C16H26N4O4S. The van der Waals surface area contributed by atoms with E-state index in [2.05, 4.69) is 30.0 Å². The lowest BCUT2D eigenvalue weighted by molar-refractivity contribution is 0.0949. The fraction of sp³-hybridized carbons (Fsp3) is 0.562. The number of hydrogen-bond acceptors (Lipinski definition) is 6. The highest BCUT2D eigenvalue weighted by Crippen LogP contribution is 2.22. The fourth-order valence-corrected chi connectivity index (χ4v) is 3.63. The van der Waals surface area contributed by atoms with E-state index in [4.69, 9.17) is 9.88 Å². The predicted octanol–water partition coefficient (Wildman–Crippen LogP) is 0.354. The number of rotatable bonds is 7. The maximum Gasteiger partial charge on any atom is 0.255 e. The Hall–Kier alpha value is -1.68. The summed E-state index contributed by atoms with van der Waals surface area (Å²) < 4.78 is 28.1. The minimum atomic E-state index is -3.88. The van der Waals surface area contributed by atoms with Crippen LogP contribution in [0.1, 0.15) is 37.0 Å². The molecule has 0 aromatic heterocycles. The maximum atomic E-state index is 12.4. The standard InChI is InChI=1S/C16H26N4O4S/c1-10-13(11(2)20-19-10)5-4-8-18-16(21)14-9-12(25(17,22)23)6-7-15(14)24-3/h6-7,9-11,13,19-20H,4-5,8H2,1-3H3,(H,18,21)(H2,17,22,23). The van der Waals surface area contributed by atoms with Gasteiger partial charge in [0.15, 0.2) is 0 Å². The zero-order valence-corrected chi connectivity index (χ0v) is 15.5. The summed E-state index contributed by atoms with van der Waals surface area (Å²) in [4.78, 5) is 12.3. The monoisotopic (exact) mass is 370 g/mol. The number of ether oxygens (including phenoxy) is 1. The number of methoxy groups -OCH3 is 1. The highest BCUT2D eigenvalue weighted by Gasteiger charge is 2.28. The van der Waals surface area contributed by atoms with Crippen LogP contribution in [0.2, 0.25) is 0 Å². The van der Waals surface area contributed by atoms with Gasteiger partial charge in [-0.3, -0.25) is 15.6 Å². The van der Waals surface area contributed by atoms with Crippen molar-refractivity contribution in [1.82, 2.24) is 16.2 Å². The van der Waals surface area contributed by atoms with Gasteiger partial charge in [-0.15, -0.1) is 0 Å². The number of carbonyl (C=O) groups excluding carboxylic acids is 1. The second-order valence-electron chi connectivity index (χ2n) is 6.34. The normalized spacial score (nSPS) is 23.4. The molecule has 25 heavy (non-hydrogen) atoms. The van der Waals surface area contributed by atoms with E-state index in [0.717, 1.165) is 12.8 Å². The summed E-state index contributed by atoms with van der Waals surface area (Å²) in [6, 6.07) is 4.75. The third-order valence-corrected chi connectivity index (χ3v) is 5.48. The minimum Gasteiger partial charge on any atom is -0.496 e. The van der Waals surface area contributed by atoms with E-state index in [1.54, 1.807) is 0 Å². The Balaban J connectivity index is 1.96. The van der Waals surface area contributed by atoms with Crippen LogP contribution in [0.15, 0.2) is 23.1 Å². The Morgan fingerprint density at radius 1 is 1.28 bits per heavy atom. The van der Waals surface area contributed by atoms with Crippen LogP contribution in [0.3, 0.4) is 0 Å². The molecule has 0 saturated carbocycles. The molecule has 2 atom stereocenters. The average Bonchev–Trinajstić information content (AvgIpc) is 2.88. The van der Waals surface area contributed by atoms with Gasteiger partial charge in [-0.25, -0.2) is 13.6 Å². The highest BCUT2D eigenvalue weighted by atomic mass is 32.2. The van der Waals surface area contributed by atoms with Crippen molar-refractivity contribution in [2.75, 3.05) is 13.7 Å². The molecule has 5 N–H and O–H groups in total. The first-order valence-electron chi connectivity index (χ1n) is 8.24. The molecule has 1 saturated heterocycles. The van der Waals surface area contributed by atoms with Gasteiger partial charge >= 0.3 is 0 Å². The Kier molecular flexibility index (Phi) is 6.39. The molecule has 1 amide bonds. The van der Waals surface area contributed by atoms with Crippen LogP contribution in [-0.4, -0.2) is 40.1 Å². The van der Waals surface area contributed by atoms with Crippen LogP contribution < -0.4 is 26.0 Å². The molecule has 2 unspecified atom stereocenters. The van der Waals surface area contributed by atoms with Crippen molar-refractivity contribution in [1.29, 1.82) is 0 Å². The molecule has 1 aliphatic heterocycles. The molecule has 1 aliphatic rings. The molecule has 0 spiro atoms. The second kappa shape index (κ2) is 8.13. The van der Waals surface area contributed by atoms with Crippen molar-refractivity contribution < 1.29 is 17.9 Å². The smallest absolute Gasteiger partial charge is 0.255 e. The summed E-state index contributed by atoms with van der Waals surface area (Å²) in [5.41, 5.74) is 6.57. The minimum absolute atomic E-state index is 0.121. The number of nitrogens with two attached hydrogens (primary N) is 1. The molecule has 0 bridgehead atoms. The highest BCUT2D eigenvalue weighted by molar-refractivity contribution is 7.89. The van der Waals surface area contributed by atoms with Crippen LogP contribution in [0.25, 0.3) is 0 Å². The van der Waals surface area contributed by atoms with Crippen LogP contribution in [0.4, 0.5) is 0 Å². The number of amides is 1. The number of primary sulfonamides is 1. The number of hydrazine groups is 1. The summed E-state index contributed by atoms with van der Waals surface area (Å²) in [6.07, 6.45) is 1.79. The van der Waals surface area contributed by atoms with E-state index < -0.39 is 10.0 Å². The van der Waals surface area contributed by atoms with Crippen molar-refractivity contribution in [3.05, 3.63) is 23.8 Å². The molecule has 140 valence electrons. The Morgan fingerprint density at radius 3 is 2.48 bits per heavy atom. The van der Waals surface area contributed by atoms with Gasteiger partial charge in [-0.05, 0) is 50.8 Å². The molecule has 1 fully saturated rings. The van der Waals surface area contributed by atoms with Gasteiger partial charge in [0.1, 0.15) is 5.75 Å². The molecule has 1 heterocycles. The van der Waals surface area contributed by atoms with E-state index in [1.807, 2.05) is 0 Å². The van der Waals surface area contributed by atoms with Gasteiger partial charge in [0.25, 0.3) is 5.91 Å². The number of nitrogens with one attached hydrogen (secondary N) is 3. The van der Waals surface area contributed by atoms with Gasteiger partial charge in [0, 0.05) is 18.6 Å². The first-order valence-corrected chi connectivity index (χ1v) is 9.78. The maximum absolute atomic E-state index is 12.4. The second-order valence-corrected chi connectivity index (χ2v) is 7.90. The largest absolute Gasteiger partial charge is 0.496 e. The molecule has 9 heteroatoms. The third-order valence-electron chi connectivity index (χ3n) is 4.57. The van der Waals surface area contributed by atoms with Gasteiger partial charge in [-0.1, -0.05) is 0 Å². The van der Waals surface area contributed by atoms with Crippen LogP contribution in [0, 0.1) is 5.92 Å². The molecule has 0 aliphatic carbocycles. The van der Waals surface area contributed by atoms with Crippen LogP contribution in [0.5, 0.6) is 5.75 Å². The van der Waals surface area contributed by atoms with Crippen molar-refractivity contribution in [2.24, 2.45) is 11.1 Å². The SMILES string of the molecule is COc1ccc(S(N)(=O)=O)cc1C(=O)NCCCC1C(C)NNC1C. The molecule has 2 rings (SSSR count). The fourth-order valence-electron chi connectivity index (χ4n) is 3.09. The zero-order chi connectivity index (χ0) is 18.6. The molecule has 1 aromatic rings. The number of carbonyl (C=O) groups is 1. The summed E-state index contributed by atoms with van der Waals surface area (Å²) in [5.74, 6) is 0.416. The van der Waals surface area contributed by atoms with E-state index >= 15 is 0 Å². The first kappa shape index (κ1) is 19.6. The van der Waals surface area contributed by atoms with Crippen molar-refractivity contribution in [3.63, 3.8) is 0 Å². The van der Waals surface area contributed by atoms with Gasteiger partial charge in [0.05, 0.1) is 17.6 Å². The van der Waals surface area contributed by atoms with E-state index in [-0.39, 0.29) is 16.4 Å². The summed E-state index contributed by atoms with van der Waals surface area (Å²) >= 11 is 0. The van der Waals surface area contributed by atoms with Crippen molar-refractivity contribution >= 4 is 15.9 Å². The summed E-state index contributed by atoms with van der Waals surface area (Å²) in [6.45, 7) is 4.75. The zero-order valence-electron chi connectivity index (χ0n) is 14.7. The summed E-state index contributed by atoms with van der Waals surface area (Å²) in [7, 11) is -2.46. The van der Waals surface area contributed by atoms with E-state index in [1.165, 1.54) is 25.3 Å². The molecule has 0 radical (unpaired) electrons. The predicted molar refractivity (Wildman–Crippen MR) is 94.6 cm³/mol. The number of benzene rings is 1. The van der Waals surface area contributed by atoms with Gasteiger partial charge < -0.3 is 10.1 Å². The average molecular weight is 370 g/mol. The Morgan fingerprint density at radius 2 is 1.92 bits per heavy atom. The van der Waals surface area contributed by atoms with Crippen LogP contribution >= 0.6 is 0 Å². The summed E-state index contributed by atoms with van der Waals surface area (Å²) in [5, 5.41) is 7.93. The first-order chi connectivity index (χ1) is 11.7. The van der Waals surface area contributed by atoms with Gasteiger partial charge in [-0.2, -0.15) is 0 Å². The molecule has 1 aromatic carbocycles. The molecular weight excluding hydrogens is 344 g/mol. The Bertz CT molecular complexity index is 713. The third kappa shape index (κ3) is 4.91.